The van der Waals surface area contributed by atoms with Crippen LogP contribution in [0.5, 0.6) is 11.9 Å². The summed E-state index contributed by atoms with van der Waals surface area (Å²) in [5.74, 6) is 0.141. The molecule has 0 aliphatic carbocycles. The molecule has 0 aliphatic heterocycles. The standard InChI is InChI=1S/C23H25N5O5S2/c1-14(2)15-5-7-16(8-6-15)21(29)27-23(34)24-17-9-11-18(12-10-17)35(30,31)28-19-13-20(32-3)26-22(25-19)33-4/h5-14H,1-4H3,(H,25,26,28)(H2,24,27,29,34). The minimum atomic E-state index is -3.96. The number of rotatable bonds is 8. The van der Waals surface area contributed by atoms with E-state index in [9.17, 15) is 13.2 Å². The van der Waals surface area contributed by atoms with Crippen LogP contribution in [0.4, 0.5) is 11.5 Å². The lowest BCUT2D eigenvalue weighted by Gasteiger charge is -2.12. The molecule has 1 amide bonds. The van der Waals surface area contributed by atoms with Crippen LogP contribution in [-0.4, -0.2) is 43.6 Å². The fraction of sp³-hybridized carbons (Fsp3) is 0.217. The predicted octanol–water partition coefficient (Wildman–Crippen LogP) is 3.54. The molecule has 35 heavy (non-hydrogen) atoms. The Bertz CT molecular complexity index is 1290. The molecule has 0 bridgehead atoms. The first kappa shape index (κ1) is 25.8. The Morgan fingerprint density at radius 2 is 1.63 bits per heavy atom. The minimum absolute atomic E-state index is 0.0128. The van der Waals surface area contributed by atoms with Crippen molar-refractivity contribution in [1.82, 2.24) is 15.3 Å². The number of aromatic nitrogens is 2. The Kier molecular flexibility index (Phi) is 8.20. The molecule has 0 fully saturated rings. The number of carbonyl (C=O) groups is 1. The largest absolute Gasteiger partial charge is 0.481 e. The van der Waals surface area contributed by atoms with Crippen molar-refractivity contribution in [3.8, 4) is 11.9 Å². The highest BCUT2D eigenvalue weighted by Crippen LogP contribution is 2.21. The van der Waals surface area contributed by atoms with Gasteiger partial charge in [0.1, 0.15) is 0 Å². The van der Waals surface area contributed by atoms with Crippen LogP contribution in [0.3, 0.4) is 0 Å². The number of hydrogen-bond donors (Lipinski definition) is 3. The van der Waals surface area contributed by atoms with E-state index in [1.54, 1.807) is 12.1 Å². The van der Waals surface area contributed by atoms with Crippen LogP contribution in [0.2, 0.25) is 0 Å². The normalized spacial score (nSPS) is 11.0. The molecule has 0 unspecified atom stereocenters. The van der Waals surface area contributed by atoms with Crippen molar-refractivity contribution in [2.75, 3.05) is 24.3 Å². The van der Waals surface area contributed by atoms with Gasteiger partial charge in [-0.15, -0.1) is 0 Å². The van der Waals surface area contributed by atoms with Crippen molar-refractivity contribution in [2.24, 2.45) is 0 Å². The van der Waals surface area contributed by atoms with E-state index in [-0.39, 0.29) is 33.6 Å². The number of sulfonamides is 1. The fourth-order valence-corrected chi connectivity index (χ4v) is 4.13. The smallest absolute Gasteiger partial charge is 0.321 e. The number of nitrogens with zero attached hydrogens (tertiary/aromatic N) is 2. The predicted molar refractivity (Wildman–Crippen MR) is 137 cm³/mol. The summed E-state index contributed by atoms with van der Waals surface area (Å²) in [6.45, 7) is 4.15. The average Bonchev–Trinajstić information content (AvgIpc) is 2.83. The maximum absolute atomic E-state index is 12.7. The number of nitrogens with one attached hydrogen (secondary N) is 3. The van der Waals surface area contributed by atoms with Gasteiger partial charge in [0, 0.05) is 17.3 Å². The summed E-state index contributed by atoms with van der Waals surface area (Å²) in [7, 11) is -1.21. The molecule has 10 nitrogen and oxygen atoms in total. The number of benzene rings is 2. The molecular weight excluding hydrogens is 490 g/mol. The van der Waals surface area contributed by atoms with Gasteiger partial charge in [-0.3, -0.25) is 14.8 Å². The summed E-state index contributed by atoms with van der Waals surface area (Å²) < 4.78 is 37.8. The molecule has 0 radical (unpaired) electrons. The van der Waals surface area contributed by atoms with Gasteiger partial charge >= 0.3 is 6.01 Å². The van der Waals surface area contributed by atoms with Gasteiger partial charge in [0.2, 0.25) is 5.88 Å². The van der Waals surface area contributed by atoms with Crippen LogP contribution >= 0.6 is 12.2 Å². The van der Waals surface area contributed by atoms with Gasteiger partial charge in [-0.25, -0.2) is 8.42 Å². The third-order valence-corrected chi connectivity index (χ3v) is 6.38. The highest BCUT2D eigenvalue weighted by atomic mass is 32.2. The monoisotopic (exact) mass is 515 g/mol. The molecular formula is C23H25N5O5S2. The van der Waals surface area contributed by atoms with Crippen LogP contribution in [0.15, 0.2) is 59.5 Å². The second-order valence-electron chi connectivity index (χ2n) is 7.60. The van der Waals surface area contributed by atoms with Crippen LogP contribution in [0.25, 0.3) is 0 Å². The summed E-state index contributed by atoms with van der Waals surface area (Å²) in [6, 6.07) is 14.4. The Labute approximate surface area is 209 Å². The molecule has 3 aromatic rings. The van der Waals surface area contributed by atoms with Crippen LogP contribution in [0, 0.1) is 0 Å². The van der Waals surface area contributed by atoms with Gasteiger partial charge < -0.3 is 14.8 Å². The summed E-state index contributed by atoms with van der Waals surface area (Å²) in [4.78, 5) is 20.3. The first-order chi connectivity index (χ1) is 16.6. The van der Waals surface area contributed by atoms with Crippen molar-refractivity contribution in [1.29, 1.82) is 0 Å². The molecule has 3 rings (SSSR count). The summed E-state index contributed by atoms with van der Waals surface area (Å²) in [6.07, 6.45) is 0. The molecule has 1 heterocycles. The van der Waals surface area contributed by atoms with E-state index in [1.165, 1.54) is 44.6 Å². The Morgan fingerprint density at radius 3 is 2.20 bits per heavy atom. The van der Waals surface area contributed by atoms with Crippen molar-refractivity contribution in [2.45, 2.75) is 24.7 Å². The zero-order valence-corrected chi connectivity index (χ0v) is 21.2. The quantitative estimate of drug-likeness (QED) is 0.385. The van der Waals surface area contributed by atoms with Crippen LogP contribution < -0.4 is 24.8 Å². The lowest BCUT2D eigenvalue weighted by Crippen LogP contribution is -2.34. The van der Waals surface area contributed by atoms with E-state index < -0.39 is 10.0 Å². The van der Waals surface area contributed by atoms with E-state index in [1.807, 2.05) is 12.1 Å². The molecule has 0 saturated carbocycles. The minimum Gasteiger partial charge on any atom is -0.481 e. The molecule has 0 atom stereocenters. The van der Waals surface area contributed by atoms with E-state index in [0.29, 0.717) is 17.2 Å². The Morgan fingerprint density at radius 1 is 0.971 bits per heavy atom. The van der Waals surface area contributed by atoms with Crippen molar-refractivity contribution >= 4 is 44.8 Å². The van der Waals surface area contributed by atoms with Crippen molar-refractivity contribution < 1.29 is 22.7 Å². The maximum atomic E-state index is 12.7. The van der Waals surface area contributed by atoms with Crippen molar-refractivity contribution in [3.63, 3.8) is 0 Å². The number of anilines is 2. The third kappa shape index (κ3) is 6.87. The van der Waals surface area contributed by atoms with E-state index in [2.05, 4.69) is 39.2 Å². The van der Waals surface area contributed by atoms with Crippen LogP contribution in [0.1, 0.15) is 35.7 Å². The third-order valence-electron chi connectivity index (χ3n) is 4.80. The summed E-state index contributed by atoms with van der Waals surface area (Å²) >= 11 is 5.21. The molecule has 12 heteroatoms. The second kappa shape index (κ2) is 11.1. The number of hydrogen-bond acceptors (Lipinski definition) is 8. The second-order valence-corrected chi connectivity index (χ2v) is 9.69. The molecule has 2 aromatic carbocycles. The average molecular weight is 516 g/mol. The number of carbonyl (C=O) groups excluding carboxylic acids is 1. The van der Waals surface area contributed by atoms with Gasteiger partial charge in [-0.05, 0) is 60.1 Å². The zero-order valence-electron chi connectivity index (χ0n) is 19.5. The van der Waals surface area contributed by atoms with Gasteiger partial charge in [-0.2, -0.15) is 9.97 Å². The van der Waals surface area contributed by atoms with Gasteiger partial charge in [-0.1, -0.05) is 26.0 Å². The molecule has 184 valence electrons. The molecule has 3 N–H and O–H groups in total. The van der Waals surface area contributed by atoms with Gasteiger partial charge in [0.05, 0.1) is 19.1 Å². The van der Waals surface area contributed by atoms with Crippen LogP contribution in [-0.2, 0) is 10.0 Å². The number of amides is 1. The van der Waals surface area contributed by atoms with E-state index >= 15 is 0 Å². The lowest BCUT2D eigenvalue weighted by molar-refractivity contribution is 0.0977. The maximum Gasteiger partial charge on any atom is 0.321 e. The molecule has 0 spiro atoms. The number of methoxy groups -OCH3 is 2. The van der Waals surface area contributed by atoms with E-state index in [0.717, 1.165) is 5.56 Å². The number of thiocarbonyl (C=S) groups is 1. The zero-order chi connectivity index (χ0) is 25.6. The Hall–Kier alpha value is -3.77. The molecule has 0 saturated heterocycles. The summed E-state index contributed by atoms with van der Waals surface area (Å²) in [5, 5.41) is 5.55. The van der Waals surface area contributed by atoms with E-state index in [4.69, 9.17) is 21.7 Å². The van der Waals surface area contributed by atoms with Gasteiger partial charge in [0.15, 0.2) is 10.9 Å². The highest BCUT2D eigenvalue weighted by Gasteiger charge is 2.17. The SMILES string of the molecule is COc1cc(NS(=O)(=O)c2ccc(NC(=S)NC(=O)c3ccc(C(C)C)cc3)cc2)nc(OC)n1. The topological polar surface area (TPSA) is 132 Å². The highest BCUT2D eigenvalue weighted by molar-refractivity contribution is 7.92. The number of ether oxygens (including phenoxy) is 2. The lowest BCUT2D eigenvalue weighted by atomic mass is 10.0. The fourth-order valence-electron chi connectivity index (χ4n) is 2.92. The van der Waals surface area contributed by atoms with Crippen molar-refractivity contribution in [3.05, 3.63) is 65.7 Å². The summed E-state index contributed by atoms with van der Waals surface area (Å²) in [5.41, 5.74) is 2.10. The van der Waals surface area contributed by atoms with Gasteiger partial charge in [0.25, 0.3) is 15.9 Å². The molecule has 1 aromatic heterocycles. The first-order valence-corrected chi connectivity index (χ1v) is 12.3. The first-order valence-electron chi connectivity index (χ1n) is 10.4. The Balaban J connectivity index is 1.64. The molecule has 0 aliphatic rings.